The quantitative estimate of drug-likeness (QED) is 0.0974. The van der Waals surface area contributed by atoms with Gasteiger partial charge >= 0.3 is 11.9 Å². The third-order valence-corrected chi connectivity index (χ3v) is 8.10. The van der Waals surface area contributed by atoms with Gasteiger partial charge in [0.25, 0.3) is 0 Å². The Morgan fingerprint density at radius 1 is 0.698 bits per heavy atom. The maximum Gasteiger partial charge on any atom is 0.337 e. The van der Waals surface area contributed by atoms with Crippen LogP contribution in [-0.2, 0) is 33.8 Å². The first kappa shape index (κ1) is 31.9. The van der Waals surface area contributed by atoms with Crippen LogP contribution in [0.1, 0.15) is 46.3 Å². The van der Waals surface area contributed by atoms with Gasteiger partial charge in [0.1, 0.15) is 12.4 Å². The summed E-state index contributed by atoms with van der Waals surface area (Å²) in [4.78, 5) is 28.2. The Kier molecular flexibility index (Phi) is 12.7. The normalized spacial score (nSPS) is 10.9. The first-order valence-electron chi connectivity index (χ1n) is 14.5. The Morgan fingerprint density at radius 2 is 1.37 bits per heavy atom. The number of carbonyl (C=O) groups excluding carboxylic acids is 2. The third kappa shape index (κ3) is 10.6. The number of carbonyl (C=O) groups is 2. The molecule has 0 amide bonds. The molecular formula is C36H39NO5S. The van der Waals surface area contributed by atoms with E-state index in [4.69, 9.17) is 14.2 Å². The summed E-state index contributed by atoms with van der Waals surface area (Å²) in [5.41, 5.74) is 3.92. The van der Waals surface area contributed by atoms with Crippen molar-refractivity contribution in [1.82, 2.24) is 4.90 Å². The molecule has 0 fully saturated rings. The molecule has 0 heterocycles. The highest BCUT2D eigenvalue weighted by Gasteiger charge is 2.12. The standard InChI is InChI=1S/C36H39NO5S/c1-40-35(38)14-8-9-24-37(26-28-15-19-31(20-16-28)36(39)41-2)25-23-30-10-6-7-13-34(30)42-27-29-17-21-33(22-18-29)43-32-11-4-3-5-12-32/h3-7,10-13,15-22H,8-9,14,23-27H2,1-2H3. The topological polar surface area (TPSA) is 65.1 Å². The van der Waals surface area contributed by atoms with E-state index in [9.17, 15) is 9.59 Å². The third-order valence-electron chi connectivity index (χ3n) is 7.08. The lowest BCUT2D eigenvalue weighted by molar-refractivity contribution is -0.140. The number of para-hydroxylation sites is 1. The lowest BCUT2D eigenvalue weighted by Gasteiger charge is -2.23. The first-order chi connectivity index (χ1) is 21.0. The monoisotopic (exact) mass is 597 g/mol. The molecule has 0 radical (unpaired) electrons. The number of unbranched alkanes of at least 4 members (excludes halogenated alkanes) is 1. The summed E-state index contributed by atoms with van der Waals surface area (Å²) in [6, 6.07) is 34.6. The molecule has 0 N–H and O–H groups in total. The molecule has 0 aliphatic rings. The zero-order chi connectivity index (χ0) is 30.3. The molecule has 0 spiro atoms. The predicted molar refractivity (Wildman–Crippen MR) is 170 cm³/mol. The molecule has 4 aromatic carbocycles. The van der Waals surface area contributed by atoms with Crippen molar-refractivity contribution in [3.63, 3.8) is 0 Å². The Bertz CT molecular complexity index is 1420. The number of methoxy groups -OCH3 is 2. The zero-order valence-electron chi connectivity index (χ0n) is 24.9. The van der Waals surface area contributed by atoms with Crippen molar-refractivity contribution in [2.24, 2.45) is 0 Å². The lowest BCUT2D eigenvalue weighted by atomic mass is 10.1. The highest BCUT2D eigenvalue weighted by Crippen LogP contribution is 2.28. The second kappa shape index (κ2) is 17.1. The van der Waals surface area contributed by atoms with Crippen LogP contribution in [-0.4, -0.2) is 44.1 Å². The molecule has 0 saturated carbocycles. The molecule has 7 heteroatoms. The summed E-state index contributed by atoms with van der Waals surface area (Å²) < 4.78 is 15.9. The van der Waals surface area contributed by atoms with Crippen molar-refractivity contribution >= 4 is 23.7 Å². The van der Waals surface area contributed by atoms with Crippen LogP contribution in [0, 0.1) is 0 Å². The molecular weight excluding hydrogens is 558 g/mol. The number of nitrogens with zero attached hydrogens (tertiary/aromatic N) is 1. The van der Waals surface area contributed by atoms with E-state index in [2.05, 4.69) is 59.5 Å². The molecule has 4 aromatic rings. The van der Waals surface area contributed by atoms with Crippen LogP contribution in [0.4, 0.5) is 0 Å². The van der Waals surface area contributed by atoms with E-state index in [-0.39, 0.29) is 11.9 Å². The minimum Gasteiger partial charge on any atom is -0.489 e. The van der Waals surface area contributed by atoms with Crippen molar-refractivity contribution in [3.05, 3.63) is 125 Å². The molecule has 43 heavy (non-hydrogen) atoms. The SMILES string of the molecule is COC(=O)CCCCN(CCc1ccccc1OCc1ccc(Sc2ccccc2)cc1)Cc1ccc(C(=O)OC)cc1. The van der Waals surface area contributed by atoms with Gasteiger partial charge in [-0.1, -0.05) is 72.4 Å². The molecule has 0 saturated heterocycles. The maximum atomic E-state index is 11.8. The van der Waals surface area contributed by atoms with E-state index in [1.807, 2.05) is 36.4 Å². The fourth-order valence-electron chi connectivity index (χ4n) is 4.67. The number of hydrogen-bond donors (Lipinski definition) is 0. The van der Waals surface area contributed by atoms with Crippen LogP contribution in [0.3, 0.4) is 0 Å². The van der Waals surface area contributed by atoms with Crippen LogP contribution in [0.5, 0.6) is 5.75 Å². The van der Waals surface area contributed by atoms with Gasteiger partial charge in [-0.2, -0.15) is 0 Å². The van der Waals surface area contributed by atoms with Gasteiger partial charge in [-0.3, -0.25) is 9.69 Å². The summed E-state index contributed by atoms with van der Waals surface area (Å²) >= 11 is 1.75. The fraction of sp³-hybridized carbons (Fsp3) is 0.278. The summed E-state index contributed by atoms with van der Waals surface area (Å²) in [7, 11) is 2.81. The second-order valence-corrected chi connectivity index (χ2v) is 11.4. The molecule has 0 bridgehead atoms. The van der Waals surface area contributed by atoms with E-state index in [0.29, 0.717) is 18.6 Å². The molecule has 0 aliphatic carbocycles. The summed E-state index contributed by atoms with van der Waals surface area (Å²) in [5, 5.41) is 0. The van der Waals surface area contributed by atoms with Gasteiger partial charge in [-0.05, 0) is 85.0 Å². The molecule has 6 nitrogen and oxygen atoms in total. The van der Waals surface area contributed by atoms with Gasteiger partial charge in [0, 0.05) is 29.3 Å². The highest BCUT2D eigenvalue weighted by molar-refractivity contribution is 7.99. The molecule has 0 aromatic heterocycles. The average molecular weight is 598 g/mol. The van der Waals surface area contributed by atoms with Gasteiger partial charge in [0.15, 0.2) is 0 Å². The Hall–Kier alpha value is -4.07. The Morgan fingerprint density at radius 3 is 2.09 bits per heavy atom. The van der Waals surface area contributed by atoms with E-state index in [0.717, 1.165) is 61.3 Å². The average Bonchev–Trinajstić information content (AvgIpc) is 3.05. The highest BCUT2D eigenvalue weighted by atomic mass is 32.2. The molecule has 0 unspecified atom stereocenters. The molecule has 0 aliphatic heterocycles. The predicted octanol–water partition coefficient (Wildman–Crippen LogP) is 7.59. The number of ether oxygens (including phenoxy) is 3. The van der Waals surface area contributed by atoms with Crippen LogP contribution in [0.15, 0.2) is 113 Å². The van der Waals surface area contributed by atoms with Gasteiger partial charge in [-0.25, -0.2) is 4.79 Å². The fourth-order valence-corrected chi connectivity index (χ4v) is 5.51. The van der Waals surface area contributed by atoms with Crippen molar-refractivity contribution in [3.8, 4) is 5.75 Å². The smallest absolute Gasteiger partial charge is 0.337 e. The minimum absolute atomic E-state index is 0.180. The van der Waals surface area contributed by atoms with E-state index in [1.165, 1.54) is 24.0 Å². The Balaban J connectivity index is 1.35. The second-order valence-electron chi connectivity index (χ2n) is 10.2. The number of rotatable bonds is 16. The van der Waals surface area contributed by atoms with Crippen molar-refractivity contribution < 1.29 is 23.8 Å². The van der Waals surface area contributed by atoms with Gasteiger partial charge in [0.2, 0.25) is 0 Å². The van der Waals surface area contributed by atoms with Gasteiger partial charge in [0.05, 0.1) is 19.8 Å². The molecule has 0 atom stereocenters. The Labute approximate surface area is 259 Å². The largest absolute Gasteiger partial charge is 0.489 e. The molecule has 224 valence electrons. The minimum atomic E-state index is -0.343. The van der Waals surface area contributed by atoms with Crippen molar-refractivity contribution in [1.29, 1.82) is 0 Å². The van der Waals surface area contributed by atoms with Gasteiger partial charge < -0.3 is 14.2 Å². The van der Waals surface area contributed by atoms with Crippen molar-refractivity contribution in [2.45, 2.75) is 48.6 Å². The number of esters is 2. The molecule has 4 rings (SSSR count). The lowest BCUT2D eigenvalue weighted by Crippen LogP contribution is -2.27. The summed E-state index contributed by atoms with van der Waals surface area (Å²) in [6.07, 6.45) is 2.89. The van der Waals surface area contributed by atoms with Gasteiger partial charge in [-0.15, -0.1) is 0 Å². The summed E-state index contributed by atoms with van der Waals surface area (Å²) in [6.45, 7) is 2.89. The zero-order valence-corrected chi connectivity index (χ0v) is 25.7. The summed E-state index contributed by atoms with van der Waals surface area (Å²) in [5.74, 6) is 0.365. The van der Waals surface area contributed by atoms with E-state index < -0.39 is 0 Å². The van der Waals surface area contributed by atoms with Crippen LogP contribution in [0.25, 0.3) is 0 Å². The van der Waals surface area contributed by atoms with Crippen LogP contribution >= 0.6 is 11.8 Å². The number of benzene rings is 4. The van der Waals surface area contributed by atoms with E-state index >= 15 is 0 Å². The van der Waals surface area contributed by atoms with Crippen LogP contribution in [0.2, 0.25) is 0 Å². The van der Waals surface area contributed by atoms with Crippen molar-refractivity contribution in [2.75, 3.05) is 27.3 Å². The number of hydrogen-bond acceptors (Lipinski definition) is 7. The first-order valence-corrected chi connectivity index (χ1v) is 15.3. The maximum absolute atomic E-state index is 11.8. The van der Waals surface area contributed by atoms with Crippen LogP contribution < -0.4 is 4.74 Å². The van der Waals surface area contributed by atoms with E-state index in [1.54, 1.807) is 23.9 Å².